The van der Waals surface area contributed by atoms with E-state index in [1.807, 2.05) is 0 Å². The zero-order valence-electron chi connectivity index (χ0n) is 18.5. The third-order valence-electron chi connectivity index (χ3n) is 5.25. The first kappa shape index (κ1) is 24.3. The molecular formula is C25H20ClNO7S. The standard InChI is InChI=1S/C25H20ClNO7S/c1-2-27(17-6-4-3-5-7-17)35(31,32)19-9-11-22(26)21(14-19)25(30)33-15-16-12-24(29)34-23-13-18(28)8-10-20(16)23/h3-14,28H,2,15H2,1H3. The van der Waals surface area contributed by atoms with E-state index in [0.717, 1.165) is 0 Å². The van der Waals surface area contributed by atoms with Crippen molar-refractivity contribution in [3.05, 3.63) is 99.4 Å². The summed E-state index contributed by atoms with van der Waals surface area (Å²) in [5.74, 6) is -0.953. The lowest BCUT2D eigenvalue weighted by atomic mass is 10.1. The summed E-state index contributed by atoms with van der Waals surface area (Å²) in [7, 11) is -3.99. The summed E-state index contributed by atoms with van der Waals surface area (Å²) in [6.07, 6.45) is 0. The van der Waals surface area contributed by atoms with E-state index in [-0.39, 0.29) is 40.0 Å². The summed E-state index contributed by atoms with van der Waals surface area (Å²) >= 11 is 6.19. The smallest absolute Gasteiger partial charge is 0.340 e. The topological polar surface area (TPSA) is 114 Å². The van der Waals surface area contributed by atoms with E-state index in [4.69, 9.17) is 20.8 Å². The molecule has 8 nitrogen and oxygen atoms in total. The van der Waals surface area contributed by atoms with Crippen LogP contribution in [0.4, 0.5) is 5.69 Å². The number of esters is 1. The van der Waals surface area contributed by atoms with Crippen LogP contribution in [0, 0.1) is 0 Å². The number of phenolic OH excluding ortho intramolecular Hbond substituents is 1. The predicted molar refractivity (Wildman–Crippen MR) is 131 cm³/mol. The third kappa shape index (κ3) is 5.01. The van der Waals surface area contributed by atoms with Crippen molar-refractivity contribution in [1.82, 2.24) is 0 Å². The van der Waals surface area contributed by atoms with Gasteiger partial charge < -0.3 is 14.3 Å². The Labute approximate surface area is 206 Å². The van der Waals surface area contributed by atoms with Crippen molar-refractivity contribution in [3.63, 3.8) is 0 Å². The number of nitrogens with zero attached hydrogens (tertiary/aromatic N) is 1. The maximum absolute atomic E-state index is 13.3. The Bertz CT molecular complexity index is 1570. The maximum Gasteiger partial charge on any atom is 0.340 e. The van der Waals surface area contributed by atoms with Crippen LogP contribution in [0.3, 0.4) is 0 Å². The van der Waals surface area contributed by atoms with E-state index in [1.165, 1.54) is 46.8 Å². The van der Waals surface area contributed by atoms with Gasteiger partial charge in [-0.25, -0.2) is 18.0 Å². The highest BCUT2D eigenvalue weighted by Gasteiger charge is 2.26. The minimum absolute atomic E-state index is 0.0130. The number of carbonyl (C=O) groups excluding carboxylic acids is 1. The van der Waals surface area contributed by atoms with Crippen molar-refractivity contribution in [1.29, 1.82) is 0 Å². The average Bonchev–Trinajstić information content (AvgIpc) is 2.83. The molecule has 0 amide bonds. The highest BCUT2D eigenvalue weighted by molar-refractivity contribution is 7.92. The predicted octanol–water partition coefficient (Wildman–Crippen LogP) is 4.72. The fourth-order valence-electron chi connectivity index (χ4n) is 3.59. The Morgan fingerprint density at radius 3 is 2.51 bits per heavy atom. The quantitative estimate of drug-likeness (QED) is 0.281. The number of ether oxygens (including phenoxy) is 1. The molecule has 180 valence electrons. The molecular weight excluding hydrogens is 494 g/mol. The first-order chi connectivity index (χ1) is 16.7. The number of aromatic hydroxyl groups is 1. The van der Waals surface area contributed by atoms with Crippen LogP contribution < -0.4 is 9.93 Å². The summed E-state index contributed by atoms with van der Waals surface area (Å²) < 4.78 is 38.3. The Morgan fingerprint density at radius 1 is 1.06 bits per heavy atom. The molecule has 0 saturated heterocycles. The van der Waals surface area contributed by atoms with Crippen LogP contribution in [0.2, 0.25) is 5.02 Å². The monoisotopic (exact) mass is 513 g/mol. The second-order valence-electron chi connectivity index (χ2n) is 7.49. The lowest BCUT2D eigenvalue weighted by Crippen LogP contribution is -2.30. The molecule has 35 heavy (non-hydrogen) atoms. The highest BCUT2D eigenvalue weighted by Crippen LogP contribution is 2.28. The summed E-state index contributed by atoms with van der Waals surface area (Å²) in [6, 6.07) is 17.8. The van der Waals surface area contributed by atoms with Gasteiger partial charge in [-0.05, 0) is 49.4 Å². The first-order valence-electron chi connectivity index (χ1n) is 10.5. The number of rotatable bonds is 7. The Morgan fingerprint density at radius 2 is 1.80 bits per heavy atom. The number of benzene rings is 3. The number of carbonyl (C=O) groups is 1. The zero-order chi connectivity index (χ0) is 25.2. The van der Waals surface area contributed by atoms with Crippen LogP contribution >= 0.6 is 11.6 Å². The Kier molecular flexibility index (Phi) is 6.81. The maximum atomic E-state index is 13.3. The lowest BCUT2D eigenvalue weighted by Gasteiger charge is -2.23. The van der Waals surface area contributed by atoms with Crippen molar-refractivity contribution < 1.29 is 27.5 Å². The molecule has 0 saturated carbocycles. The highest BCUT2D eigenvalue weighted by atomic mass is 35.5. The Balaban J connectivity index is 1.63. The summed E-state index contributed by atoms with van der Waals surface area (Å²) in [5, 5.41) is 10.1. The minimum atomic E-state index is -3.99. The fraction of sp³-hybridized carbons (Fsp3) is 0.120. The van der Waals surface area contributed by atoms with Gasteiger partial charge in [-0.1, -0.05) is 29.8 Å². The molecule has 0 aliphatic carbocycles. The van der Waals surface area contributed by atoms with Gasteiger partial charge in [0, 0.05) is 29.6 Å². The van der Waals surface area contributed by atoms with Crippen LogP contribution in [0.25, 0.3) is 11.0 Å². The van der Waals surface area contributed by atoms with Crippen LogP contribution in [0.1, 0.15) is 22.8 Å². The van der Waals surface area contributed by atoms with E-state index < -0.39 is 21.6 Å². The van der Waals surface area contributed by atoms with E-state index >= 15 is 0 Å². The molecule has 0 aliphatic rings. The molecule has 1 heterocycles. The molecule has 0 bridgehead atoms. The fourth-order valence-corrected chi connectivity index (χ4v) is 5.29. The van der Waals surface area contributed by atoms with Crippen molar-refractivity contribution >= 4 is 44.3 Å². The van der Waals surface area contributed by atoms with Crippen molar-refractivity contribution in [2.45, 2.75) is 18.4 Å². The van der Waals surface area contributed by atoms with Gasteiger partial charge in [0.15, 0.2) is 0 Å². The molecule has 1 aromatic heterocycles. The molecule has 1 N–H and O–H groups in total. The number of hydrogen-bond donors (Lipinski definition) is 1. The molecule has 0 spiro atoms. The molecule has 0 aliphatic heterocycles. The van der Waals surface area contributed by atoms with Gasteiger partial charge >= 0.3 is 11.6 Å². The minimum Gasteiger partial charge on any atom is -0.508 e. The van der Waals surface area contributed by atoms with E-state index in [2.05, 4.69) is 0 Å². The second-order valence-corrected chi connectivity index (χ2v) is 9.76. The van der Waals surface area contributed by atoms with Gasteiger partial charge in [-0.15, -0.1) is 0 Å². The second kappa shape index (κ2) is 9.81. The van der Waals surface area contributed by atoms with Gasteiger partial charge in [0.05, 0.1) is 21.2 Å². The molecule has 4 rings (SSSR count). The molecule has 10 heteroatoms. The number of anilines is 1. The molecule has 4 aromatic rings. The molecule has 0 fully saturated rings. The van der Waals surface area contributed by atoms with Gasteiger partial charge in [0.25, 0.3) is 10.0 Å². The van der Waals surface area contributed by atoms with Crippen molar-refractivity contribution in [2.75, 3.05) is 10.8 Å². The van der Waals surface area contributed by atoms with Gasteiger partial charge in [-0.2, -0.15) is 0 Å². The van der Waals surface area contributed by atoms with Crippen LogP contribution in [-0.4, -0.2) is 26.0 Å². The number of halogens is 1. The first-order valence-corrected chi connectivity index (χ1v) is 12.3. The summed E-state index contributed by atoms with van der Waals surface area (Å²) in [4.78, 5) is 24.6. The molecule has 3 aromatic carbocycles. The van der Waals surface area contributed by atoms with E-state index in [0.29, 0.717) is 16.6 Å². The number of fused-ring (bicyclic) bond motifs is 1. The van der Waals surface area contributed by atoms with Crippen LogP contribution in [0.5, 0.6) is 5.75 Å². The largest absolute Gasteiger partial charge is 0.508 e. The van der Waals surface area contributed by atoms with Gasteiger partial charge in [0.1, 0.15) is 17.9 Å². The summed E-state index contributed by atoms with van der Waals surface area (Å²) in [6.45, 7) is 1.58. The van der Waals surface area contributed by atoms with Crippen LogP contribution in [-0.2, 0) is 21.4 Å². The zero-order valence-corrected chi connectivity index (χ0v) is 20.0. The third-order valence-corrected chi connectivity index (χ3v) is 7.48. The Hall–Kier alpha value is -3.82. The number of para-hydroxylation sites is 1. The van der Waals surface area contributed by atoms with Crippen molar-refractivity contribution in [3.8, 4) is 5.75 Å². The molecule has 0 atom stereocenters. The number of phenols is 1. The number of hydrogen-bond acceptors (Lipinski definition) is 7. The number of sulfonamides is 1. The van der Waals surface area contributed by atoms with Gasteiger partial charge in [0.2, 0.25) is 0 Å². The normalized spacial score (nSPS) is 11.4. The molecule has 0 unspecified atom stereocenters. The van der Waals surface area contributed by atoms with Crippen molar-refractivity contribution in [2.24, 2.45) is 0 Å². The average molecular weight is 514 g/mol. The van der Waals surface area contributed by atoms with Crippen LogP contribution in [0.15, 0.2) is 86.9 Å². The van der Waals surface area contributed by atoms with E-state index in [9.17, 15) is 23.1 Å². The molecule has 0 radical (unpaired) electrons. The van der Waals surface area contributed by atoms with Gasteiger partial charge in [-0.3, -0.25) is 4.31 Å². The lowest BCUT2D eigenvalue weighted by molar-refractivity contribution is 0.0473. The summed E-state index contributed by atoms with van der Waals surface area (Å²) in [5.41, 5.74) is 0.151. The SMILES string of the molecule is CCN(c1ccccc1)S(=O)(=O)c1ccc(Cl)c(C(=O)OCc2cc(=O)oc3cc(O)ccc23)c1. The van der Waals surface area contributed by atoms with E-state index in [1.54, 1.807) is 37.3 Å².